The molecule has 0 spiro atoms. The Morgan fingerprint density at radius 2 is 2.27 bits per heavy atom. The van der Waals surface area contributed by atoms with Gasteiger partial charge in [-0.15, -0.1) is 5.10 Å². The minimum atomic E-state index is -0.253. The second kappa shape index (κ2) is 7.63. The first-order valence-corrected chi connectivity index (χ1v) is 6.99. The number of rotatable bonds is 6. The minimum absolute atomic E-state index is 0.0358. The van der Waals surface area contributed by atoms with E-state index < -0.39 is 0 Å². The van der Waals surface area contributed by atoms with Gasteiger partial charge in [0.2, 0.25) is 5.91 Å². The van der Waals surface area contributed by atoms with E-state index in [-0.39, 0.29) is 37.3 Å². The number of aliphatic hydroxyl groups excluding tert-OH is 1. The molecule has 1 amide bonds. The van der Waals surface area contributed by atoms with Gasteiger partial charge in [0.25, 0.3) is 0 Å². The van der Waals surface area contributed by atoms with E-state index in [0.717, 1.165) is 0 Å². The van der Waals surface area contributed by atoms with Crippen LogP contribution in [0, 0.1) is 0 Å². The van der Waals surface area contributed by atoms with Crippen molar-refractivity contribution in [3.63, 3.8) is 0 Å². The van der Waals surface area contributed by atoms with Gasteiger partial charge < -0.3 is 24.2 Å². The SMILES string of the molecule is CO[C@H]1[C@H](N(C)C(=O)Cn2cc(CO)nn2)COC[C@H]1OC. The molecule has 22 heavy (non-hydrogen) atoms. The van der Waals surface area contributed by atoms with Gasteiger partial charge in [-0.05, 0) is 0 Å². The van der Waals surface area contributed by atoms with Crippen LogP contribution in [0.5, 0.6) is 0 Å². The molecular formula is C13H22N4O5. The first-order chi connectivity index (χ1) is 10.6. The third-order valence-corrected chi connectivity index (χ3v) is 3.83. The highest BCUT2D eigenvalue weighted by Crippen LogP contribution is 2.19. The maximum atomic E-state index is 12.4. The van der Waals surface area contributed by atoms with Crippen molar-refractivity contribution < 1.29 is 24.1 Å². The molecule has 0 aromatic carbocycles. The Bertz CT molecular complexity index is 495. The summed E-state index contributed by atoms with van der Waals surface area (Å²) < 4.78 is 17.7. The van der Waals surface area contributed by atoms with Crippen molar-refractivity contribution >= 4 is 5.91 Å². The second-order valence-corrected chi connectivity index (χ2v) is 5.15. The molecule has 1 N–H and O–H groups in total. The van der Waals surface area contributed by atoms with Gasteiger partial charge >= 0.3 is 0 Å². The first kappa shape index (κ1) is 16.8. The van der Waals surface area contributed by atoms with Gasteiger partial charge in [0.15, 0.2) is 0 Å². The lowest BCUT2D eigenvalue weighted by molar-refractivity contribution is -0.165. The number of aromatic nitrogens is 3. The maximum absolute atomic E-state index is 12.4. The van der Waals surface area contributed by atoms with Gasteiger partial charge in [-0.3, -0.25) is 4.79 Å². The van der Waals surface area contributed by atoms with E-state index in [0.29, 0.717) is 18.9 Å². The summed E-state index contributed by atoms with van der Waals surface area (Å²) in [5.41, 5.74) is 0.422. The second-order valence-electron chi connectivity index (χ2n) is 5.15. The van der Waals surface area contributed by atoms with Crippen LogP contribution in [0.2, 0.25) is 0 Å². The Morgan fingerprint density at radius 3 is 2.86 bits per heavy atom. The minimum Gasteiger partial charge on any atom is -0.390 e. The molecule has 0 unspecified atom stereocenters. The van der Waals surface area contributed by atoms with Crippen LogP contribution in [0.1, 0.15) is 5.69 Å². The Balaban J connectivity index is 2.01. The molecule has 124 valence electrons. The zero-order chi connectivity index (χ0) is 16.1. The van der Waals surface area contributed by atoms with Crippen LogP contribution >= 0.6 is 0 Å². The average Bonchev–Trinajstić information content (AvgIpc) is 3.00. The lowest BCUT2D eigenvalue weighted by Gasteiger charge is -2.40. The molecule has 1 saturated heterocycles. The van der Waals surface area contributed by atoms with Crippen molar-refractivity contribution in [1.29, 1.82) is 0 Å². The van der Waals surface area contributed by atoms with E-state index >= 15 is 0 Å². The van der Waals surface area contributed by atoms with Crippen molar-refractivity contribution in [2.45, 2.75) is 31.4 Å². The summed E-state index contributed by atoms with van der Waals surface area (Å²) in [6.07, 6.45) is 1.07. The van der Waals surface area contributed by atoms with Crippen LogP contribution in [0.4, 0.5) is 0 Å². The number of hydrogen-bond donors (Lipinski definition) is 1. The fraction of sp³-hybridized carbons (Fsp3) is 0.769. The largest absolute Gasteiger partial charge is 0.390 e. The molecule has 1 aromatic rings. The Kier molecular flexibility index (Phi) is 5.83. The molecule has 1 aromatic heterocycles. The van der Waals surface area contributed by atoms with Crippen molar-refractivity contribution in [3.8, 4) is 0 Å². The van der Waals surface area contributed by atoms with Gasteiger partial charge in [-0.25, -0.2) is 4.68 Å². The molecule has 1 aliphatic heterocycles. The highest BCUT2D eigenvalue weighted by atomic mass is 16.6. The molecule has 0 aliphatic carbocycles. The van der Waals surface area contributed by atoms with E-state index in [4.69, 9.17) is 19.3 Å². The Labute approximate surface area is 128 Å². The standard InChI is InChI=1S/C13H22N4O5/c1-16(10-7-22-8-11(20-2)13(10)21-3)12(19)5-17-4-9(6-18)14-15-17/h4,10-11,13,18H,5-8H2,1-3H3/t10-,11-,13+/m1/s1. The molecule has 9 heteroatoms. The van der Waals surface area contributed by atoms with E-state index in [1.165, 1.54) is 10.9 Å². The maximum Gasteiger partial charge on any atom is 0.244 e. The number of carbonyl (C=O) groups excluding carboxylic acids is 1. The van der Waals surface area contributed by atoms with Crippen LogP contribution in [0.3, 0.4) is 0 Å². The van der Waals surface area contributed by atoms with Crippen molar-refractivity contribution in [3.05, 3.63) is 11.9 Å². The third-order valence-electron chi connectivity index (χ3n) is 3.83. The number of ether oxygens (including phenoxy) is 3. The summed E-state index contributed by atoms with van der Waals surface area (Å²) >= 11 is 0. The Hall–Kier alpha value is -1.55. The van der Waals surface area contributed by atoms with E-state index in [2.05, 4.69) is 10.3 Å². The number of amides is 1. The van der Waals surface area contributed by atoms with Crippen molar-refractivity contribution in [2.24, 2.45) is 0 Å². The zero-order valence-corrected chi connectivity index (χ0v) is 13.0. The normalized spacial score (nSPS) is 25.2. The van der Waals surface area contributed by atoms with Gasteiger partial charge in [-0.1, -0.05) is 5.21 Å². The quantitative estimate of drug-likeness (QED) is 0.693. The highest BCUT2D eigenvalue weighted by molar-refractivity contribution is 5.76. The summed E-state index contributed by atoms with van der Waals surface area (Å²) in [6, 6.07) is -0.239. The van der Waals surface area contributed by atoms with Crippen molar-refractivity contribution in [1.82, 2.24) is 19.9 Å². The number of carbonyl (C=O) groups is 1. The summed E-state index contributed by atoms with van der Waals surface area (Å²) in [5.74, 6) is -0.151. The van der Waals surface area contributed by atoms with Crippen LogP contribution in [0.15, 0.2) is 6.20 Å². The third kappa shape index (κ3) is 3.61. The number of methoxy groups -OCH3 is 2. The fourth-order valence-corrected chi connectivity index (χ4v) is 2.51. The smallest absolute Gasteiger partial charge is 0.244 e. The lowest BCUT2D eigenvalue weighted by Crippen LogP contribution is -2.58. The number of aliphatic hydroxyl groups is 1. The molecule has 0 bridgehead atoms. The number of likely N-dealkylation sites (N-methyl/N-ethyl adjacent to an activating group) is 1. The molecular weight excluding hydrogens is 292 g/mol. The summed E-state index contributed by atoms with van der Waals surface area (Å²) in [5, 5.41) is 16.5. The summed E-state index contributed by atoms with van der Waals surface area (Å²) in [7, 11) is 4.89. The van der Waals surface area contributed by atoms with Crippen LogP contribution < -0.4 is 0 Å². The predicted octanol–water partition coefficient (Wildman–Crippen LogP) is -1.34. The molecule has 1 fully saturated rings. The molecule has 0 radical (unpaired) electrons. The van der Waals surface area contributed by atoms with Gasteiger partial charge in [0.1, 0.15) is 24.4 Å². The summed E-state index contributed by atoms with van der Waals surface area (Å²) in [4.78, 5) is 14.0. The Morgan fingerprint density at radius 1 is 1.50 bits per heavy atom. The fourth-order valence-electron chi connectivity index (χ4n) is 2.51. The molecule has 0 saturated carbocycles. The number of nitrogens with zero attached hydrogens (tertiary/aromatic N) is 4. The first-order valence-electron chi connectivity index (χ1n) is 6.99. The van der Waals surface area contributed by atoms with Crippen molar-refractivity contribution in [2.75, 3.05) is 34.5 Å². The van der Waals surface area contributed by atoms with Crippen LogP contribution in [-0.2, 0) is 32.2 Å². The lowest BCUT2D eigenvalue weighted by atomic mass is 10.0. The van der Waals surface area contributed by atoms with E-state index in [1.54, 1.807) is 26.2 Å². The van der Waals surface area contributed by atoms with Crippen LogP contribution in [-0.4, -0.2) is 83.6 Å². The molecule has 2 heterocycles. The van der Waals surface area contributed by atoms with Crippen LogP contribution in [0.25, 0.3) is 0 Å². The molecule has 3 atom stereocenters. The summed E-state index contributed by atoms with van der Waals surface area (Å²) in [6.45, 7) is 0.659. The predicted molar refractivity (Wildman–Crippen MR) is 74.9 cm³/mol. The van der Waals surface area contributed by atoms with Gasteiger partial charge in [-0.2, -0.15) is 0 Å². The topological polar surface area (TPSA) is 98.9 Å². The molecule has 1 aliphatic rings. The van der Waals surface area contributed by atoms with Gasteiger partial charge in [0.05, 0.1) is 32.1 Å². The molecule has 2 rings (SSSR count). The molecule has 9 nitrogen and oxygen atoms in total. The highest BCUT2D eigenvalue weighted by Gasteiger charge is 2.38. The monoisotopic (exact) mass is 314 g/mol. The average molecular weight is 314 g/mol. The van der Waals surface area contributed by atoms with Gasteiger partial charge in [0, 0.05) is 21.3 Å². The zero-order valence-electron chi connectivity index (χ0n) is 13.0. The van der Waals surface area contributed by atoms with E-state index in [1.807, 2.05) is 0 Å². The number of hydrogen-bond acceptors (Lipinski definition) is 7. The van der Waals surface area contributed by atoms with E-state index in [9.17, 15) is 4.79 Å².